The first-order chi connectivity index (χ1) is 2.79. The molecule has 1 saturated heterocycles. The predicted molar refractivity (Wildman–Crippen MR) is 32.8 cm³/mol. The minimum Gasteiger partial charge on any atom is -0.170 e. The highest BCUT2D eigenvalue weighted by atomic mass is 35.6. The summed E-state index contributed by atoms with van der Waals surface area (Å²) in [5.74, 6) is 0. The molecule has 0 amide bonds. The second kappa shape index (κ2) is 1.68. The third-order valence-corrected chi connectivity index (χ3v) is 11.3. The van der Waals surface area contributed by atoms with Crippen LogP contribution >= 0.6 is 11.1 Å². The Balaban J connectivity index is 2.11. The van der Waals surface area contributed by atoms with E-state index in [1.54, 1.807) is 0 Å². The summed E-state index contributed by atoms with van der Waals surface area (Å²) in [6.07, 6.45) is 0. The van der Waals surface area contributed by atoms with E-state index in [-0.39, 0.29) is 16.9 Å². The highest BCUT2D eigenvalue weighted by Gasteiger charge is 2.26. The van der Waals surface area contributed by atoms with Gasteiger partial charge in [-0.25, -0.2) is 0 Å². The molecule has 34 valence electrons. The van der Waals surface area contributed by atoms with Crippen LogP contribution in [0.25, 0.3) is 0 Å². The third kappa shape index (κ3) is 0.861. The molecule has 0 spiro atoms. The van der Waals surface area contributed by atoms with Crippen molar-refractivity contribution in [3.63, 3.8) is 0 Å². The Morgan fingerprint density at radius 3 is 2.00 bits per heavy atom. The molecule has 6 heavy (non-hydrogen) atoms. The molecule has 0 aromatic heterocycles. The smallest absolute Gasteiger partial charge is 0.159 e. The first-order valence-corrected chi connectivity index (χ1v) is 7.44. The fraction of sp³-hybridized carbons (Fsp3) is 1.00. The molecule has 1 aliphatic heterocycles. The Morgan fingerprint density at radius 2 is 2.00 bits per heavy atom. The van der Waals surface area contributed by atoms with Crippen LogP contribution in [-0.2, 0) is 0 Å². The van der Waals surface area contributed by atoms with E-state index in [1.807, 2.05) is 0 Å². The molecule has 0 bridgehead atoms. The summed E-state index contributed by atoms with van der Waals surface area (Å²) in [5, 5.41) is 0. The van der Waals surface area contributed by atoms with E-state index in [0.29, 0.717) is 0 Å². The van der Waals surface area contributed by atoms with Gasteiger partial charge in [0, 0.05) is 8.80 Å². The molecule has 0 aliphatic carbocycles. The van der Waals surface area contributed by atoms with Gasteiger partial charge in [-0.05, 0) is 0 Å². The second-order valence-corrected chi connectivity index (χ2v) is 9.21. The van der Waals surface area contributed by atoms with Crippen LogP contribution in [0.5, 0.6) is 0 Å². The Morgan fingerprint density at radius 1 is 1.50 bits per heavy atom. The zero-order valence-electron chi connectivity index (χ0n) is 3.79. The standard InChI is InChI=1S/C3H7ClSi2/c1-5-2-6(4)3-5/h2-3H2,1H3. The molecule has 0 unspecified atom stereocenters. The molecule has 3 heteroatoms. The van der Waals surface area contributed by atoms with Gasteiger partial charge in [0.25, 0.3) is 0 Å². The summed E-state index contributed by atoms with van der Waals surface area (Å²) >= 11 is 5.77. The van der Waals surface area contributed by atoms with E-state index < -0.39 is 0 Å². The van der Waals surface area contributed by atoms with Crippen LogP contribution in [0.4, 0.5) is 0 Å². The van der Waals surface area contributed by atoms with Crippen LogP contribution in [0.15, 0.2) is 0 Å². The lowest BCUT2D eigenvalue weighted by Gasteiger charge is -2.22. The molecule has 0 N–H and O–H groups in total. The predicted octanol–water partition coefficient (Wildman–Crippen LogP) is 1.43. The van der Waals surface area contributed by atoms with Crippen molar-refractivity contribution in [2.45, 2.75) is 17.9 Å². The second-order valence-electron chi connectivity index (χ2n) is 1.83. The lowest BCUT2D eigenvalue weighted by molar-refractivity contribution is 1.58. The van der Waals surface area contributed by atoms with Gasteiger partial charge in [-0.15, -0.1) is 0 Å². The molecule has 2 radical (unpaired) electrons. The van der Waals surface area contributed by atoms with Crippen molar-refractivity contribution in [3.05, 3.63) is 0 Å². The average Bonchev–Trinajstić information content (AvgIpc) is 1.33. The van der Waals surface area contributed by atoms with Crippen LogP contribution in [0.1, 0.15) is 0 Å². The van der Waals surface area contributed by atoms with Gasteiger partial charge in [0.05, 0.1) is 0 Å². The van der Waals surface area contributed by atoms with Crippen LogP contribution in [-0.4, -0.2) is 16.9 Å². The van der Waals surface area contributed by atoms with E-state index in [1.165, 1.54) is 11.3 Å². The van der Waals surface area contributed by atoms with Crippen molar-refractivity contribution in [1.82, 2.24) is 0 Å². The summed E-state index contributed by atoms with van der Waals surface area (Å²) < 4.78 is 0. The summed E-state index contributed by atoms with van der Waals surface area (Å²) in [4.78, 5) is 0. The van der Waals surface area contributed by atoms with Crippen molar-refractivity contribution >= 4 is 28.0 Å². The summed E-state index contributed by atoms with van der Waals surface area (Å²) in [6, 6.07) is 0. The van der Waals surface area contributed by atoms with Gasteiger partial charge >= 0.3 is 0 Å². The Kier molecular flexibility index (Phi) is 1.36. The van der Waals surface area contributed by atoms with Crippen LogP contribution in [0.3, 0.4) is 0 Å². The quantitative estimate of drug-likeness (QED) is 0.348. The van der Waals surface area contributed by atoms with E-state index in [9.17, 15) is 0 Å². The Labute approximate surface area is 46.4 Å². The molecule has 0 aromatic carbocycles. The van der Waals surface area contributed by atoms with E-state index in [0.717, 1.165) is 0 Å². The number of halogens is 1. The third-order valence-electron chi connectivity index (χ3n) is 0.987. The molecule has 0 nitrogen and oxygen atoms in total. The summed E-state index contributed by atoms with van der Waals surface area (Å²) in [7, 11) is -0.0532. The minimum absolute atomic E-state index is 0.171. The first kappa shape index (κ1) is 4.87. The molecule has 1 heterocycles. The van der Waals surface area contributed by atoms with Crippen molar-refractivity contribution in [2.75, 3.05) is 0 Å². The maximum Gasteiger partial charge on any atom is 0.159 e. The first-order valence-electron chi connectivity index (χ1n) is 2.10. The van der Waals surface area contributed by atoms with Crippen molar-refractivity contribution < 1.29 is 0 Å². The zero-order valence-corrected chi connectivity index (χ0v) is 6.55. The van der Waals surface area contributed by atoms with E-state index in [2.05, 4.69) is 6.55 Å². The number of rotatable bonds is 0. The molecular weight excluding hydrogens is 128 g/mol. The van der Waals surface area contributed by atoms with E-state index >= 15 is 0 Å². The largest absolute Gasteiger partial charge is 0.170 e. The molecule has 0 saturated carbocycles. The maximum absolute atomic E-state index is 5.77. The molecule has 1 fully saturated rings. The lowest BCUT2D eigenvalue weighted by Crippen LogP contribution is -2.32. The van der Waals surface area contributed by atoms with Gasteiger partial charge in [-0.2, -0.15) is 11.1 Å². The summed E-state index contributed by atoms with van der Waals surface area (Å²) in [5.41, 5.74) is 2.88. The van der Waals surface area contributed by atoms with Gasteiger partial charge in [0.15, 0.2) is 8.11 Å². The zero-order chi connectivity index (χ0) is 4.57. The van der Waals surface area contributed by atoms with Gasteiger partial charge in [-0.3, -0.25) is 0 Å². The molecule has 1 rings (SSSR count). The Bertz CT molecular complexity index is 44.8. The normalized spacial score (nSPS) is 27.0. The topological polar surface area (TPSA) is 0 Å². The maximum atomic E-state index is 5.77. The monoisotopic (exact) mass is 134 g/mol. The van der Waals surface area contributed by atoms with Crippen molar-refractivity contribution in [1.29, 1.82) is 0 Å². The van der Waals surface area contributed by atoms with Crippen molar-refractivity contribution in [3.8, 4) is 0 Å². The number of hydrogen-bond acceptors (Lipinski definition) is 0. The molecule has 0 atom stereocenters. The van der Waals surface area contributed by atoms with Gasteiger partial charge in [-0.1, -0.05) is 17.9 Å². The SMILES string of the molecule is C[Si]1C[Si](Cl)C1. The van der Waals surface area contributed by atoms with Crippen molar-refractivity contribution in [2.24, 2.45) is 0 Å². The Hall–Kier alpha value is 0.724. The average molecular weight is 135 g/mol. The van der Waals surface area contributed by atoms with Gasteiger partial charge in [0.2, 0.25) is 0 Å². The molecule has 0 aromatic rings. The van der Waals surface area contributed by atoms with Crippen LogP contribution < -0.4 is 0 Å². The molecular formula is C3H7ClSi2. The van der Waals surface area contributed by atoms with Crippen LogP contribution in [0, 0.1) is 0 Å². The van der Waals surface area contributed by atoms with Gasteiger partial charge < -0.3 is 0 Å². The highest BCUT2D eigenvalue weighted by molar-refractivity contribution is 7.20. The van der Waals surface area contributed by atoms with Crippen LogP contribution in [0.2, 0.25) is 17.9 Å². The minimum atomic E-state index is -0.225. The summed E-state index contributed by atoms with van der Waals surface area (Å²) in [6.45, 7) is 2.36. The lowest BCUT2D eigenvalue weighted by atomic mass is 11.7. The fourth-order valence-electron chi connectivity index (χ4n) is 0.603. The highest BCUT2D eigenvalue weighted by Crippen LogP contribution is 2.21. The number of hydrogen-bond donors (Lipinski definition) is 0. The van der Waals surface area contributed by atoms with Gasteiger partial charge in [0.1, 0.15) is 0 Å². The van der Waals surface area contributed by atoms with E-state index in [4.69, 9.17) is 11.1 Å². The molecule has 1 aliphatic rings. The fourth-order valence-corrected chi connectivity index (χ4v) is 9.53.